The zero-order valence-corrected chi connectivity index (χ0v) is 14.7. The molecular formula is C16H24BrNO3. The van der Waals surface area contributed by atoms with E-state index in [2.05, 4.69) is 35.1 Å². The topological polar surface area (TPSA) is 39.7 Å². The van der Waals surface area contributed by atoms with Gasteiger partial charge in [0.1, 0.15) is 0 Å². The summed E-state index contributed by atoms with van der Waals surface area (Å²) in [4.78, 5) is 0. The highest BCUT2D eigenvalue weighted by Crippen LogP contribution is 2.43. The minimum absolute atomic E-state index is 0.110. The quantitative estimate of drug-likeness (QED) is 0.842. The van der Waals surface area contributed by atoms with Gasteiger partial charge in [-0.3, -0.25) is 0 Å². The van der Waals surface area contributed by atoms with Crippen molar-refractivity contribution in [1.82, 2.24) is 5.32 Å². The highest BCUT2D eigenvalue weighted by Gasteiger charge is 2.40. The summed E-state index contributed by atoms with van der Waals surface area (Å²) in [5.41, 5.74) is 0.942. The molecule has 1 aliphatic heterocycles. The lowest BCUT2D eigenvalue weighted by atomic mass is 9.87. The summed E-state index contributed by atoms with van der Waals surface area (Å²) in [5, 5.41) is 3.56. The molecule has 1 aliphatic rings. The van der Waals surface area contributed by atoms with E-state index in [0.29, 0.717) is 0 Å². The number of rotatable bonds is 6. The first-order valence-electron chi connectivity index (χ1n) is 7.34. The lowest BCUT2D eigenvalue weighted by Gasteiger charge is -2.35. The first-order valence-corrected chi connectivity index (χ1v) is 8.13. The van der Waals surface area contributed by atoms with Gasteiger partial charge in [0.15, 0.2) is 11.5 Å². The summed E-state index contributed by atoms with van der Waals surface area (Å²) in [5.74, 6) is 1.46. The minimum atomic E-state index is -0.196. The van der Waals surface area contributed by atoms with Crippen LogP contribution < -0.4 is 14.8 Å². The molecule has 2 atom stereocenters. The van der Waals surface area contributed by atoms with Crippen molar-refractivity contribution >= 4 is 15.9 Å². The maximum absolute atomic E-state index is 6.04. The molecule has 1 fully saturated rings. The van der Waals surface area contributed by atoms with Gasteiger partial charge >= 0.3 is 0 Å². The Labute approximate surface area is 135 Å². The van der Waals surface area contributed by atoms with Crippen LogP contribution in [0, 0.1) is 0 Å². The zero-order valence-electron chi connectivity index (χ0n) is 13.2. The molecule has 21 heavy (non-hydrogen) atoms. The molecule has 0 aliphatic carbocycles. The van der Waals surface area contributed by atoms with Crippen LogP contribution in [0.15, 0.2) is 16.6 Å². The molecule has 1 heterocycles. The van der Waals surface area contributed by atoms with Crippen molar-refractivity contribution in [1.29, 1.82) is 0 Å². The molecular weight excluding hydrogens is 334 g/mol. The van der Waals surface area contributed by atoms with Crippen molar-refractivity contribution in [3.05, 3.63) is 22.2 Å². The van der Waals surface area contributed by atoms with E-state index in [9.17, 15) is 0 Å². The van der Waals surface area contributed by atoms with Crippen molar-refractivity contribution in [2.45, 2.75) is 38.3 Å². The average Bonchev–Trinajstić information content (AvgIpc) is 2.92. The summed E-state index contributed by atoms with van der Waals surface area (Å²) in [6.45, 7) is 5.99. The van der Waals surface area contributed by atoms with E-state index in [4.69, 9.17) is 14.2 Å². The molecule has 0 spiro atoms. The number of nitrogens with one attached hydrogen (secondary N) is 1. The summed E-state index contributed by atoms with van der Waals surface area (Å²) in [7, 11) is 3.30. The van der Waals surface area contributed by atoms with Crippen LogP contribution in [-0.2, 0) is 4.74 Å². The fourth-order valence-corrected chi connectivity index (χ4v) is 3.53. The molecule has 1 N–H and O–H groups in total. The van der Waals surface area contributed by atoms with Gasteiger partial charge in [-0.1, -0.05) is 22.9 Å². The van der Waals surface area contributed by atoms with E-state index >= 15 is 0 Å². The fraction of sp³-hybridized carbons (Fsp3) is 0.625. The summed E-state index contributed by atoms with van der Waals surface area (Å²) >= 11 is 3.66. The van der Waals surface area contributed by atoms with Crippen LogP contribution in [-0.4, -0.2) is 33.0 Å². The number of likely N-dealkylation sites (N-methyl/N-ethyl adjacent to an activating group) is 1. The van der Waals surface area contributed by atoms with Gasteiger partial charge in [-0.05, 0) is 44.0 Å². The second kappa shape index (κ2) is 6.99. The normalized spacial score (nSPS) is 23.1. The van der Waals surface area contributed by atoms with Crippen LogP contribution in [0.1, 0.15) is 38.3 Å². The molecule has 0 amide bonds. The Balaban J connectivity index is 2.44. The van der Waals surface area contributed by atoms with Crippen molar-refractivity contribution in [2.75, 3.05) is 27.4 Å². The molecule has 118 valence electrons. The number of benzene rings is 1. The van der Waals surface area contributed by atoms with Crippen molar-refractivity contribution < 1.29 is 14.2 Å². The second-order valence-electron chi connectivity index (χ2n) is 5.48. The van der Waals surface area contributed by atoms with Crippen molar-refractivity contribution in [2.24, 2.45) is 0 Å². The van der Waals surface area contributed by atoms with Crippen molar-refractivity contribution in [3.63, 3.8) is 0 Å². The summed E-state index contributed by atoms with van der Waals surface area (Å²) < 4.78 is 17.8. The molecule has 0 bridgehead atoms. The Morgan fingerprint density at radius 3 is 2.52 bits per heavy atom. The van der Waals surface area contributed by atoms with E-state index in [1.54, 1.807) is 14.2 Å². The molecule has 0 radical (unpaired) electrons. The standard InChI is InChI=1S/C16H24BrNO3/c1-5-18-15(16(2)7-6-8-21-16)11-9-13(19-3)14(20-4)10-12(11)17/h9-10,15,18H,5-8H2,1-4H3. The minimum Gasteiger partial charge on any atom is -0.493 e. The maximum Gasteiger partial charge on any atom is 0.161 e. The second-order valence-corrected chi connectivity index (χ2v) is 6.34. The Bertz CT molecular complexity index is 487. The number of hydrogen-bond acceptors (Lipinski definition) is 4. The van der Waals surface area contributed by atoms with Gasteiger partial charge in [0, 0.05) is 11.1 Å². The highest BCUT2D eigenvalue weighted by atomic mass is 79.9. The predicted molar refractivity (Wildman–Crippen MR) is 87.3 cm³/mol. The van der Waals surface area contributed by atoms with Gasteiger partial charge < -0.3 is 19.5 Å². The van der Waals surface area contributed by atoms with E-state index in [0.717, 1.165) is 47.5 Å². The average molecular weight is 358 g/mol. The molecule has 5 heteroatoms. The van der Waals surface area contributed by atoms with E-state index in [-0.39, 0.29) is 11.6 Å². The van der Waals surface area contributed by atoms with E-state index < -0.39 is 0 Å². The summed E-state index contributed by atoms with van der Waals surface area (Å²) in [6, 6.07) is 4.10. The molecule has 0 aromatic heterocycles. The van der Waals surface area contributed by atoms with Gasteiger partial charge in [-0.2, -0.15) is 0 Å². The zero-order chi connectivity index (χ0) is 15.5. The molecule has 1 aromatic rings. The van der Waals surface area contributed by atoms with Gasteiger partial charge in [0.25, 0.3) is 0 Å². The molecule has 1 saturated heterocycles. The molecule has 2 rings (SSSR count). The van der Waals surface area contributed by atoms with Crippen LogP contribution in [0.3, 0.4) is 0 Å². The number of hydrogen-bond donors (Lipinski definition) is 1. The van der Waals surface area contributed by atoms with Crippen LogP contribution in [0.2, 0.25) is 0 Å². The van der Waals surface area contributed by atoms with Crippen molar-refractivity contribution in [3.8, 4) is 11.5 Å². The SMILES string of the molecule is CCNC(c1cc(OC)c(OC)cc1Br)C1(C)CCCO1. The third-order valence-corrected chi connectivity index (χ3v) is 4.77. The van der Waals surface area contributed by atoms with Gasteiger partial charge in [0.05, 0.1) is 25.9 Å². The number of halogens is 1. The third-order valence-electron chi connectivity index (χ3n) is 4.08. The van der Waals surface area contributed by atoms with Crippen LogP contribution >= 0.6 is 15.9 Å². The third kappa shape index (κ3) is 3.35. The Hall–Kier alpha value is -0.780. The van der Waals surface area contributed by atoms with Gasteiger partial charge in [-0.25, -0.2) is 0 Å². The lowest BCUT2D eigenvalue weighted by molar-refractivity contribution is -0.0123. The smallest absolute Gasteiger partial charge is 0.161 e. The Morgan fingerprint density at radius 2 is 2.00 bits per heavy atom. The molecule has 1 aromatic carbocycles. The van der Waals surface area contributed by atoms with Crippen LogP contribution in [0.5, 0.6) is 11.5 Å². The highest BCUT2D eigenvalue weighted by molar-refractivity contribution is 9.10. The fourth-order valence-electron chi connectivity index (χ4n) is 2.98. The molecule has 4 nitrogen and oxygen atoms in total. The number of methoxy groups -OCH3 is 2. The molecule has 0 saturated carbocycles. The van der Waals surface area contributed by atoms with Gasteiger partial charge in [0.2, 0.25) is 0 Å². The summed E-state index contributed by atoms with van der Waals surface area (Å²) in [6.07, 6.45) is 2.15. The monoisotopic (exact) mass is 357 g/mol. The molecule has 2 unspecified atom stereocenters. The first kappa shape index (κ1) is 16.6. The Kier molecular flexibility index (Phi) is 5.52. The maximum atomic E-state index is 6.04. The van der Waals surface area contributed by atoms with Crippen LogP contribution in [0.4, 0.5) is 0 Å². The number of ether oxygens (including phenoxy) is 3. The van der Waals surface area contributed by atoms with Crippen LogP contribution in [0.25, 0.3) is 0 Å². The van der Waals surface area contributed by atoms with E-state index in [1.165, 1.54) is 0 Å². The lowest BCUT2D eigenvalue weighted by Crippen LogP contribution is -2.41. The predicted octanol–water partition coefficient (Wildman–Crippen LogP) is 3.69. The van der Waals surface area contributed by atoms with E-state index in [1.807, 2.05) is 12.1 Å². The first-order chi connectivity index (χ1) is 10.1. The Morgan fingerprint density at radius 1 is 1.33 bits per heavy atom. The van der Waals surface area contributed by atoms with Gasteiger partial charge in [-0.15, -0.1) is 0 Å². The largest absolute Gasteiger partial charge is 0.493 e.